The van der Waals surface area contributed by atoms with E-state index in [0.717, 1.165) is 34.2 Å². The maximum atomic E-state index is 11.9. The number of fused-ring (bicyclic) bond motifs is 1. The third-order valence-electron chi connectivity index (χ3n) is 4.71. The first-order valence-electron chi connectivity index (χ1n) is 8.43. The standard InChI is InChI=1S/C21H21NO2/c1-13-4-7-17(20-22-21(2,3)12-24-20)18(10-13)15-5-8-16-14(11-15)6-9-19(16)23/h4-5,7-8,10-11H,6,9,12H2,1-3H3. The normalized spacial score (nSPS) is 18.3. The molecular weight excluding hydrogens is 298 g/mol. The highest BCUT2D eigenvalue weighted by atomic mass is 16.5. The molecule has 0 atom stereocenters. The van der Waals surface area contributed by atoms with Crippen molar-refractivity contribution in [3.63, 3.8) is 0 Å². The van der Waals surface area contributed by atoms with Gasteiger partial charge in [0.15, 0.2) is 5.78 Å². The summed E-state index contributed by atoms with van der Waals surface area (Å²) in [4.78, 5) is 16.6. The van der Waals surface area contributed by atoms with Gasteiger partial charge in [0.1, 0.15) is 6.61 Å². The quantitative estimate of drug-likeness (QED) is 0.825. The molecule has 0 radical (unpaired) electrons. The van der Waals surface area contributed by atoms with E-state index in [1.165, 1.54) is 5.56 Å². The van der Waals surface area contributed by atoms with Crippen molar-refractivity contribution in [1.29, 1.82) is 0 Å². The lowest BCUT2D eigenvalue weighted by molar-refractivity contribution is 0.0994. The molecule has 24 heavy (non-hydrogen) atoms. The average Bonchev–Trinajstić information content (AvgIpc) is 3.10. The van der Waals surface area contributed by atoms with Crippen LogP contribution in [0.5, 0.6) is 0 Å². The van der Waals surface area contributed by atoms with Gasteiger partial charge in [0.05, 0.1) is 5.54 Å². The summed E-state index contributed by atoms with van der Waals surface area (Å²) in [5.41, 5.74) is 6.32. The fourth-order valence-corrected chi connectivity index (χ4v) is 3.43. The van der Waals surface area contributed by atoms with Gasteiger partial charge in [-0.15, -0.1) is 0 Å². The second-order valence-corrected chi connectivity index (χ2v) is 7.36. The molecular formula is C21H21NO2. The van der Waals surface area contributed by atoms with Crippen molar-refractivity contribution >= 4 is 11.7 Å². The van der Waals surface area contributed by atoms with E-state index in [0.29, 0.717) is 18.9 Å². The van der Waals surface area contributed by atoms with Crippen LogP contribution < -0.4 is 0 Å². The van der Waals surface area contributed by atoms with Crippen molar-refractivity contribution in [3.05, 3.63) is 58.7 Å². The SMILES string of the molecule is Cc1ccc(C2=NC(C)(C)CO2)c(-c2ccc3c(c2)CCC3=O)c1. The molecule has 2 aromatic carbocycles. The first kappa shape index (κ1) is 15.1. The number of ether oxygens (including phenoxy) is 1. The van der Waals surface area contributed by atoms with Gasteiger partial charge in [-0.25, -0.2) is 4.99 Å². The van der Waals surface area contributed by atoms with E-state index >= 15 is 0 Å². The first-order valence-corrected chi connectivity index (χ1v) is 8.43. The van der Waals surface area contributed by atoms with E-state index in [1.807, 2.05) is 12.1 Å². The molecule has 0 fully saturated rings. The molecule has 0 bridgehead atoms. The number of nitrogens with zero attached hydrogens (tertiary/aromatic N) is 1. The van der Waals surface area contributed by atoms with Gasteiger partial charge in [0, 0.05) is 17.5 Å². The molecule has 0 N–H and O–H groups in total. The highest BCUT2D eigenvalue weighted by Crippen LogP contribution is 2.32. The number of carbonyl (C=O) groups is 1. The molecule has 0 spiro atoms. The second kappa shape index (κ2) is 5.30. The van der Waals surface area contributed by atoms with Crippen LogP contribution >= 0.6 is 0 Å². The average molecular weight is 319 g/mol. The Morgan fingerprint density at radius 3 is 2.54 bits per heavy atom. The van der Waals surface area contributed by atoms with Gasteiger partial charge in [0.25, 0.3) is 0 Å². The molecule has 2 aromatic rings. The zero-order valence-corrected chi connectivity index (χ0v) is 14.3. The predicted octanol–water partition coefficient (Wildman–Crippen LogP) is 4.35. The summed E-state index contributed by atoms with van der Waals surface area (Å²) in [6, 6.07) is 12.5. The van der Waals surface area contributed by atoms with Crippen LogP contribution in [0.25, 0.3) is 11.1 Å². The van der Waals surface area contributed by atoms with Crippen LogP contribution in [-0.4, -0.2) is 23.8 Å². The molecule has 2 aliphatic rings. The van der Waals surface area contributed by atoms with E-state index in [9.17, 15) is 4.79 Å². The molecule has 0 saturated carbocycles. The molecule has 0 amide bonds. The Morgan fingerprint density at radius 2 is 1.79 bits per heavy atom. The van der Waals surface area contributed by atoms with Crippen molar-refractivity contribution in [2.24, 2.45) is 4.99 Å². The maximum Gasteiger partial charge on any atom is 0.217 e. The van der Waals surface area contributed by atoms with Gasteiger partial charge in [0.2, 0.25) is 5.90 Å². The minimum atomic E-state index is -0.179. The van der Waals surface area contributed by atoms with Gasteiger partial charge in [-0.05, 0) is 49.9 Å². The fourth-order valence-electron chi connectivity index (χ4n) is 3.43. The van der Waals surface area contributed by atoms with Crippen LogP contribution in [0.15, 0.2) is 41.4 Å². The summed E-state index contributed by atoms with van der Waals surface area (Å²) in [6.07, 6.45) is 1.47. The topological polar surface area (TPSA) is 38.7 Å². The Labute approximate surface area is 142 Å². The van der Waals surface area contributed by atoms with E-state index in [1.54, 1.807) is 0 Å². The third-order valence-corrected chi connectivity index (χ3v) is 4.71. The minimum Gasteiger partial charge on any atom is -0.475 e. The lowest BCUT2D eigenvalue weighted by Gasteiger charge is -2.12. The van der Waals surface area contributed by atoms with Gasteiger partial charge >= 0.3 is 0 Å². The summed E-state index contributed by atoms with van der Waals surface area (Å²) >= 11 is 0. The summed E-state index contributed by atoms with van der Waals surface area (Å²) in [7, 11) is 0. The van der Waals surface area contributed by atoms with Crippen LogP contribution in [0, 0.1) is 6.92 Å². The molecule has 1 aliphatic heterocycles. The molecule has 4 rings (SSSR count). The molecule has 122 valence electrons. The van der Waals surface area contributed by atoms with Crippen LogP contribution in [0.3, 0.4) is 0 Å². The first-order chi connectivity index (χ1) is 11.4. The van der Waals surface area contributed by atoms with Crippen molar-refractivity contribution in [2.75, 3.05) is 6.61 Å². The van der Waals surface area contributed by atoms with E-state index < -0.39 is 0 Å². The smallest absolute Gasteiger partial charge is 0.217 e. The van der Waals surface area contributed by atoms with Crippen LogP contribution in [0.1, 0.15) is 47.3 Å². The molecule has 3 nitrogen and oxygen atoms in total. The number of rotatable bonds is 2. The Bertz CT molecular complexity index is 877. The number of hydrogen-bond donors (Lipinski definition) is 0. The number of carbonyl (C=O) groups excluding carboxylic acids is 1. The van der Waals surface area contributed by atoms with E-state index in [4.69, 9.17) is 9.73 Å². The number of benzene rings is 2. The van der Waals surface area contributed by atoms with Crippen LogP contribution in [-0.2, 0) is 11.2 Å². The molecule has 0 aromatic heterocycles. The lowest BCUT2D eigenvalue weighted by Crippen LogP contribution is -2.17. The Morgan fingerprint density at radius 1 is 1.00 bits per heavy atom. The maximum absolute atomic E-state index is 11.9. The predicted molar refractivity (Wildman–Crippen MR) is 95.8 cm³/mol. The zero-order chi connectivity index (χ0) is 16.9. The third kappa shape index (κ3) is 2.54. The summed E-state index contributed by atoms with van der Waals surface area (Å²) in [6.45, 7) is 6.85. The van der Waals surface area contributed by atoms with Gasteiger partial charge in [-0.1, -0.05) is 35.9 Å². The Balaban J connectivity index is 1.84. The van der Waals surface area contributed by atoms with Gasteiger partial charge < -0.3 is 4.74 Å². The number of aliphatic imine (C=N–C) groups is 1. The summed E-state index contributed by atoms with van der Waals surface area (Å²) < 4.78 is 5.86. The van der Waals surface area contributed by atoms with Crippen molar-refractivity contribution in [3.8, 4) is 11.1 Å². The number of aryl methyl sites for hydroxylation is 2. The lowest BCUT2D eigenvalue weighted by atomic mass is 9.95. The second-order valence-electron chi connectivity index (χ2n) is 7.36. The van der Waals surface area contributed by atoms with Gasteiger partial charge in [-0.2, -0.15) is 0 Å². The highest BCUT2D eigenvalue weighted by molar-refractivity contribution is 6.03. The Kier molecular flexibility index (Phi) is 3.34. The monoisotopic (exact) mass is 319 g/mol. The van der Waals surface area contributed by atoms with Crippen LogP contribution in [0.4, 0.5) is 0 Å². The number of Topliss-reactive ketones (excluding diaryl/α,β-unsaturated/α-hetero) is 1. The fraction of sp³-hybridized carbons (Fsp3) is 0.333. The van der Waals surface area contributed by atoms with Crippen LogP contribution in [0.2, 0.25) is 0 Å². The number of hydrogen-bond acceptors (Lipinski definition) is 3. The van der Waals surface area contributed by atoms with E-state index in [-0.39, 0.29) is 11.3 Å². The molecule has 1 aliphatic carbocycles. The molecule has 0 saturated heterocycles. The molecule has 3 heteroatoms. The summed E-state index contributed by atoms with van der Waals surface area (Å²) in [5, 5.41) is 0. The molecule has 0 unspecified atom stereocenters. The minimum absolute atomic E-state index is 0.179. The van der Waals surface area contributed by atoms with Gasteiger partial charge in [-0.3, -0.25) is 4.79 Å². The highest BCUT2D eigenvalue weighted by Gasteiger charge is 2.28. The zero-order valence-electron chi connectivity index (χ0n) is 14.3. The largest absolute Gasteiger partial charge is 0.475 e. The Hall–Kier alpha value is -2.42. The van der Waals surface area contributed by atoms with Crippen molar-refractivity contribution < 1.29 is 9.53 Å². The number of ketones is 1. The van der Waals surface area contributed by atoms with Crippen molar-refractivity contribution in [2.45, 2.75) is 39.2 Å². The summed E-state index contributed by atoms with van der Waals surface area (Å²) in [5.74, 6) is 0.970. The molecule has 1 heterocycles. The van der Waals surface area contributed by atoms with Crippen molar-refractivity contribution in [1.82, 2.24) is 0 Å². The van der Waals surface area contributed by atoms with E-state index in [2.05, 4.69) is 45.0 Å².